The van der Waals surface area contributed by atoms with Crippen LogP contribution in [0.1, 0.15) is 56.2 Å². The van der Waals surface area contributed by atoms with Crippen molar-refractivity contribution in [3.8, 4) is 0 Å². The number of hydrogen-bond acceptors (Lipinski definition) is 1. The van der Waals surface area contributed by atoms with Gasteiger partial charge in [-0.05, 0) is 24.0 Å². The SMILES string of the molecule is CCCCCCC(=O)NC1c2ccccc2CC1Cl. The van der Waals surface area contributed by atoms with Crippen LogP contribution >= 0.6 is 11.6 Å². The lowest BCUT2D eigenvalue weighted by Gasteiger charge is -2.17. The first-order valence-corrected chi connectivity index (χ1v) is 7.67. The third-order valence-corrected chi connectivity index (χ3v) is 4.15. The summed E-state index contributed by atoms with van der Waals surface area (Å²) in [6.07, 6.45) is 5.97. The zero-order valence-electron chi connectivity index (χ0n) is 11.5. The highest BCUT2D eigenvalue weighted by atomic mass is 35.5. The Morgan fingerprint density at radius 1 is 1.32 bits per heavy atom. The van der Waals surface area contributed by atoms with Gasteiger partial charge in [0.05, 0.1) is 11.4 Å². The minimum Gasteiger partial charge on any atom is -0.348 e. The van der Waals surface area contributed by atoms with Crippen molar-refractivity contribution in [1.29, 1.82) is 0 Å². The molecule has 0 heterocycles. The van der Waals surface area contributed by atoms with Gasteiger partial charge in [-0.3, -0.25) is 4.79 Å². The first-order valence-electron chi connectivity index (χ1n) is 7.23. The molecule has 3 heteroatoms. The van der Waals surface area contributed by atoms with Gasteiger partial charge in [0.15, 0.2) is 0 Å². The molecule has 2 rings (SSSR count). The quantitative estimate of drug-likeness (QED) is 0.619. The maximum Gasteiger partial charge on any atom is 0.220 e. The molecule has 104 valence electrons. The van der Waals surface area contributed by atoms with E-state index in [2.05, 4.69) is 24.4 Å². The Hall–Kier alpha value is -1.02. The van der Waals surface area contributed by atoms with Crippen molar-refractivity contribution < 1.29 is 4.79 Å². The van der Waals surface area contributed by atoms with Crippen molar-refractivity contribution in [2.75, 3.05) is 0 Å². The van der Waals surface area contributed by atoms with Gasteiger partial charge in [-0.2, -0.15) is 0 Å². The number of unbranched alkanes of at least 4 members (excludes halogenated alkanes) is 3. The van der Waals surface area contributed by atoms with E-state index < -0.39 is 0 Å². The normalized spacial score (nSPS) is 21.2. The van der Waals surface area contributed by atoms with Crippen molar-refractivity contribution in [1.82, 2.24) is 5.32 Å². The van der Waals surface area contributed by atoms with Gasteiger partial charge in [0.1, 0.15) is 0 Å². The van der Waals surface area contributed by atoms with Crippen LogP contribution in [0.4, 0.5) is 0 Å². The molecule has 0 bridgehead atoms. The zero-order chi connectivity index (χ0) is 13.7. The Morgan fingerprint density at radius 3 is 2.89 bits per heavy atom. The molecule has 1 aliphatic carbocycles. The summed E-state index contributed by atoms with van der Waals surface area (Å²) in [6, 6.07) is 8.18. The van der Waals surface area contributed by atoms with Crippen LogP contribution in [0.15, 0.2) is 24.3 Å². The van der Waals surface area contributed by atoms with Crippen LogP contribution in [0.2, 0.25) is 0 Å². The molecule has 0 aromatic heterocycles. The minimum atomic E-state index is -0.0171. The van der Waals surface area contributed by atoms with Crippen LogP contribution in [-0.4, -0.2) is 11.3 Å². The van der Waals surface area contributed by atoms with Crippen LogP contribution in [0.3, 0.4) is 0 Å². The van der Waals surface area contributed by atoms with Crippen molar-refractivity contribution in [2.24, 2.45) is 0 Å². The fourth-order valence-electron chi connectivity index (χ4n) is 2.67. The highest BCUT2D eigenvalue weighted by Crippen LogP contribution is 2.34. The number of fused-ring (bicyclic) bond motifs is 1. The Bertz CT molecular complexity index is 433. The second-order valence-corrected chi connectivity index (χ2v) is 5.84. The topological polar surface area (TPSA) is 29.1 Å². The van der Waals surface area contributed by atoms with Gasteiger partial charge in [0.2, 0.25) is 5.91 Å². The summed E-state index contributed by atoms with van der Waals surface area (Å²) >= 11 is 6.36. The lowest BCUT2D eigenvalue weighted by molar-refractivity contribution is -0.121. The third-order valence-electron chi connectivity index (χ3n) is 3.74. The molecule has 0 radical (unpaired) electrons. The summed E-state index contributed by atoms with van der Waals surface area (Å²) in [5, 5.41) is 3.07. The average molecular weight is 280 g/mol. The number of nitrogens with one attached hydrogen (secondary N) is 1. The van der Waals surface area contributed by atoms with E-state index in [1.807, 2.05) is 12.1 Å². The highest BCUT2D eigenvalue weighted by Gasteiger charge is 2.31. The van der Waals surface area contributed by atoms with Gasteiger partial charge >= 0.3 is 0 Å². The molecule has 2 unspecified atom stereocenters. The number of amides is 1. The van der Waals surface area contributed by atoms with Crippen molar-refractivity contribution in [3.63, 3.8) is 0 Å². The number of rotatable bonds is 6. The second-order valence-electron chi connectivity index (χ2n) is 5.27. The zero-order valence-corrected chi connectivity index (χ0v) is 12.2. The number of carbonyl (C=O) groups is 1. The first-order chi connectivity index (χ1) is 9.22. The molecular formula is C16H22ClNO. The van der Waals surface area contributed by atoms with E-state index in [0.717, 1.165) is 19.3 Å². The van der Waals surface area contributed by atoms with Crippen molar-refractivity contribution in [2.45, 2.75) is 56.9 Å². The predicted molar refractivity (Wildman–Crippen MR) is 79.4 cm³/mol. The van der Waals surface area contributed by atoms with Gasteiger partial charge in [0, 0.05) is 6.42 Å². The molecule has 2 nitrogen and oxygen atoms in total. The van der Waals surface area contributed by atoms with Crippen molar-refractivity contribution in [3.05, 3.63) is 35.4 Å². The molecule has 1 aromatic rings. The van der Waals surface area contributed by atoms with Gasteiger partial charge in [0.25, 0.3) is 0 Å². The molecule has 0 spiro atoms. The molecule has 2 atom stereocenters. The van der Waals surface area contributed by atoms with E-state index >= 15 is 0 Å². The smallest absolute Gasteiger partial charge is 0.220 e. The molecule has 1 aromatic carbocycles. The molecular weight excluding hydrogens is 258 g/mol. The fourth-order valence-corrected chi connectivity index (χ4v) is 3.04. The number of benzene rings is 1. The number of carbonyl (C=O) groups excluding carboxylic acids is 1. The maximum absolute atomic E-state index is 11.9. The summed E-state index contributed by atoms with van der Waals surface area (Å²) in [6.45, 7) is 2.17. The first kappa shape index (κ1) is 14.4. The highest BCUT2D eigenvalue weighted by molar-refractivity contribution is 6.21. The molecule has 0 fully saturated rings. The summed E-state index contributed by atoms with van der Waals surface area (Å²) in [5.74, 6) is 0.128. The summed E-state index contributed by atoms with van der Waals surface area (Å²) in [5.41, 5.74) is 2.45. The second kappa shape index (κ2) is 6.95. The summed E-state index contributed by atoms with van der Waals surface area (Å²) in [7, 11) is 0. The Morgan fingerprint density at radius 2 is 2.11 bits per heavy atom. The van der Waals surface area contributed by atoms with Gasteiger partial charge in [-0.25, -0.2) is 0 Å². The van der Waals surface area contributed by atoms with E-state index in [1.165, 1.54) is 24.0 Å². The summed E-state index contributed by atoms with van der Waals surface area (Å²) < 4.78 is 0. The third kappa shape index (κ3) is 3.73. The predicted octanol–water partition coefficient (Wildman–Crippen LogP) is 3.98. The van der Waals surface area contributed by atoms with Crippen LogP contribution in [0.25, 0.3) is 0 Å². The van der Waals surface area contributed by atoms with E-state index in [4.69, 9.17) is 11.6 Å². The van der Waals surface area contributed by atoms with Crippen LogP contribution < -0.4 is 5.32 Å². The number of hydrogen-bond donors (Lipinski definition) is 1. The molecule has 1 amide bonds. The molecule has 0 saturated heterocycles. The van der Waals surface area contributed by atoms with Crippen molar-refractivity contribution >= 4 is 17.5 Å². The minimum absolute atomic E-state index is 0.0167. The summed E-state index contributed by atoms with van der Waals surface area (Å²) in [4.78, 5) is 11.9. The molecule has 1 aliphatic rings. The maximum atomic E-state index is 11.9. The van der Waals surface area contributed by atoms with Gasteiger partial charge in [-0.15, -0.1) is 11.6 Å². The Labute approximate surface area is 120 Å². The van der Waals surface area contributed by atoms with Crippen LogP contribution in [0.5, 0.6) is 0 Å². The number of alkyl halides is 1. The lowest BCUT2D eigenvalue weighted by atomic mass is 10.1. The van der Waals surface area contributed by atoms with Crippen LogP contribution in [-0.2, 0) is 11.2 Å². The van der Waals surface area contributed by atoms with Gasteiger partial charge in [-0.1, -0.05) is 50.5 Å². The van der Waals surface area contributed by atoms with Gasteiger partial charge < -0.3 is 5.32 Å². The molecule has 0 aliphatic heterocycles. The molecule has 1 N–H and O–H groups in total. The average Bonchev–Trinajstić information content (AvgIpc) is 2.72. The lowest BCUT2D eigenvalue weighted by Crippen LogP contribution is -2.31. The van der Waals surface area contributed by atoms with E-state index in [0.29, 0.717) is 6.42 Å². The van der Waals surface area contributed by atoms with E-state index in [-0.39, 0.29) is 17.3 Å². The fraction of sp³-hybridized carbons (Fsp3) is 0.562. The van der Waals surface area contributed by atoms with E-state index in [9.17, 15) is 4.79 Å². The Kier molecular flexibility index (Phi) is 5.26. The largest absolute Gasteiger partial charge is 0.348 e. The standard InChI is InChI=1S/C16H22ClNO/c1-2-3-4-5-10-15(19)18-16-13-9-7-6-8-12(13)11-14(16)17/h6-9,14,16H,2-5,10-11H2,1H3,(H,18,19). The van der Waals surface area contributed by atoms with Crippen LogP contribution in [0, 0.1) is 0 Å². The number of halogens is 1. The monoisotopic (exact) mass is 279 g/mol. The molecule has 19 heavy (non-hydrogen) atoms. The Balaban J connectivity index is 1.87. The van der Waals surface area contributed by atoms with E-state index in [1.54, 1.807) is 0 Å². The molecule has 0 saturated carbocycles.